The summed E-state index contributed by atoms with van der Waals surface area (Å²) in [6.07, 6.45) is 2.29. The lowest BCUT2D eigenvalue weighted by atomic mass is 9.84. The van der Waals surface area contributed by atoms with E-state index in [1.165, 1.54) is 0 Å². The highest BCUT2D eigenvalue weighted by atomic mass is 16.3. The fourth-order valence-electron chi connectivity index (χ4n) is 2.11. The monoisotopic (exact) mass is 228 g/mol. The third-order valence-corrected chi connectivity index (χ3v) is 3.79. The summed E-state index contributed by atoms with van der Waals surface area (Å²) in [5.41, 5.74) is 5.51. The number of hydrogen-bond donors (Lipinski definition) is 3. The van der Waals surface area contributed by atoms with Gasteiger partial charge in [0.15, 0.2) is 0 Å². The zero-order chi connectivity index (χ0) is 12.3. The molecule has 1 amide bonds. The second kappa shape index (κ2) is 5.15. The van der Waals surface area contributed by atoms with Gasteiger partial charge in [-0.25, -0.2) is 0 Å². The number of aliphatic hydroxyl groups excluding tert-OH is 1. The molecule has 0 spiro atoms. The summed E-state index contributed by atoms with van der Waals surface area (Å²) in [6.45, 7) is 6.10. The number of hydrogen-bond acceptors (Lipinski definition) is 3. The molecular formula is C12H24N2O2. The molecule has 0 saturated heterocycles. The number of nitrogens with two attached hydrogens (primary N) is 1. The molecule has 3 atom stereocenters. The molecule has 0 aromatic carbocycles. The topological polar surface area (TPSA) is 75.3 Å². The van der Waals surface area contributed by atoms with Crippen LogP contribution in [-0.4, -0.2) is 29.7 Å². The lowest BCUT2D eigenvalue weighted by molar-refractivity contribution is -0.131. The molecule has 0 bridgehead atoms. The summed E-state index contributed by atoms with van der Waals surface area (Å²) in [4.78, 5) is 12.0. The Morgan fingerprint density at radius 3 is 2.69 bits per heavy atom. The molecular weight excluding hydrogens is 204 g/mol. The molecule has 94 valence electrons. The van der Waals surface area contributed by atoms with Gasteiger partial charge in [0.05, 0.1) is 11.5 Å². The van der Waals surface area contributed by atoms with Crippen LogP contribution < -0.4 is 11.1 Å². The van der Waals surface area contributed by atoms with Crippen molar-refractivity contribution in [2.45, 2.75) is 52.2 Å². The van der Waals surface area contributed by atoms with E-state index in [-0.39, 0.29) is 17.9 Å². The fraction of sp³-hybridized carbons (Fsp3) is 0.917. The summed E-state index contributed by atoms with van der Waals surface area (Å²) in [5, 5.41) is 12.4. The van der Waals surface area contributed by atoms with Gasteiger partial charge < -0.3 is 16.2 Å². The van der Waals surface area contributed by atoms with Crippen LogP contribution in [-0.2, 0) is 4.79 Å². The number of nitrogens with one attached hydrogen (secondary N) is 1. The van der Waals surface area contributed by atoms with Crippen LogP contribution in [0.2, 0.25) is 0 Å². The average Bonchev–Trinajstić information content (AvgIpc) is 2.56. The van der Waals surface area contributed by atoms with Gasteiger partial charge in [0.1, 0.15) is 0 Å². The van der Waals surface area contributed by atoms with Crippen molar-refractivity contribution < 1.29 is 9.90 Å². The number of rotatable bonds is 4. The summed E-state index contributed by atoms with van der Waals surface area (Å²) >= 11 is 0. The largest absolute Gasteiger partial charge is 0.391 e. The molecule has 0 heterocycles. The van der Waals surface area contributed by atoms with E-state index in [1.807, 2.05) is 20.8 Å². The number of aliphatic hydroxyl groups is 1. The Labute approximate surface area is 97.6 Å². The molecule has 1 aliphatic rings. The lowest BCUT2D eigenvalue weighted by Gasteiger charge is -2.28. The molecule has 3 unspecified atom stereocenters. The van der Waals surface area contributed by atoms with Crippen LogP contribution in [0.1, 0.15) is 40.0 Å². The van der Waals surface area contributed by atoms with Gasteiger partial charge in [-0.1, -0.05) is 20.3 Å². The van der Waals surface area contributed by atoms with E-state index in [0.29, 0.717) is 6.54 Å². The van der Waals surface area contributed by atoms with E-state index < -0.39 is 11.5 Å². The Bertz CT molecular complexity index is 255. The quantitative estimate of drug-likeness (QED) is 0.661. The molecule has 0 radical (unpaired) electrons. The summed E-state index contributed by atoms with van der Waals surface area (Å²) < 4.78 is 0. The minimum absolute atomic E-state index is 0.0165. The normalized spacial score (nSPS) is 31.8. The van der Waals surface area contributed by atoms with Crippen molar-refractivity contribution in [1.82, 2.24) is 5.32 Å². The maximum absolute atomic E-state index is 12.0. The summed E-state index contributed by atoms with van der Waals surface area (Å²) in [5.74, 6) is 0.141. The molecule has 4 heteroatoms. The SMILES string of the molecule is CC(C)C(O)CNC(=O)C1(C)CCCC1N. The van der Waals surface area contributed by atoms with Crippen molar-refractivity contribution >= 4 is 5.91 Å². The number of amides is 1. The molecule has 1 rings (SSSR count). The van der Waals surface area contributed by atoms with Gasteiger partial charge in [-0.15, -0.1) is 0 Å². The first-order chi connectivity index (χ1) is 7.38. The molecule has 16 heavy (non-hydrogen) atoms. The molecule has 0 aliphatic heterocycles. The highest BCUT2D eigenvalue weighted by Gasteiger charge is 2.42. The second-order valence-electron chi connectivity index (χ2n) is 5.44. The maximum atomic E-state index is 12.0. The highest BCUT2D eigenvalue weighted by molar-refractivity contribution is 5.83. The van der Waals surface area contributed by atoms with E-state index in [9.17, 15) is 9.90 Å². The van der Waals surface area contributed by atoms with Gasteiger partial charge in [0.2, 0.25) is 5.91 Å². The molecule has 1 aliphatic carbocycles. The van der Waals surface area contributed by atoms with Gasteiger partial charge in [-0.3, -0.25) is 4.79 Å². The van der Waals surface area contributed by atoms with E-state index >= 15 is 0 Å². The number of carbonyl (C=O) groups excluding carboxylic acids is 1. The van der Waals surface area contributed by atoms with Gasteiger partial charge in [-0.05, 0) is 25.7 Å². The van der Waals surface area contributed by atoms with Crippen LogP contribution >= 0.6 is 0 Å². The van der Waals surface area contributed by atoms with E-state index in [2.05, 4.69) is 5.32 Å². The van der Waals surface area contributed by atoms with Gasteiger partial charge in [-0.2, -0.15) is 0 Å². The number of carbonyl (C=O) groups is 1. The van der Waals surface area contributed by atoms with E-state index in [1.54, 1.807) is 0 Å². The molecule has 4 N–H and O–H groups in total. The van der Waals surface area contributed by atoms with E-state index in [0.717, 1.165) is 19.3 Å². The minimum Gasteiger partial charge on any atom is -0.391 e. The Balaban J connectivity index is 2.46. The van der Waals surface area contributed by atoms with Crippen molar-refractivity contribution in [2.75, 3.05) is 6.54 Å². The average molecular weight is 228 g/mol. The molecule has 4 nitrogen and oxygen atoms in total. The van der Waals surface area contributed by atoms with Crippen molar-refractivity contribution in [3.63, 3.8) is 0 Å². The van der Waals surface area contributed by atoms with Gasteiger partial charge in [0.25, 0.3) is 0 Å². The third kappa shape index (κ3) is 2.74. The predicted molar refractivity (Wildman–Crippen MR) is 63.8 cm³/mol. The second-order valence-corrected chi connectivity index (χ2v) is 5.44. The molecule has 0 aromatic rings. The van der Waals surface area contributed by atoms with Crippen molar-refractivity contribution in [2.24, 2.45) is 17.1 Å². The maximum Gasteiger partial charge on any atom is 0.227 e. The predicted octanol–water partition coefficient (Wildman–Crippen LogP) is 0.637. The van der Waals surface area contributed by atoms with Crippen molar-refractivity contribution in [3.05, 3.63) is 0 Å². The first-order valence-electron chi connectivity index (χ1n) is 6.10. The summed E-state index contributed by atoms with van der Waals surface area (Å²) in [6, 6.07) is -0.0521. The first-order valence-corrected chi connectivity index (χ1v) is 6.10. The van der Waals surface area contributed by atoms with Gasteiger partial charge >= 0.3 is 0 Å². The van der Waals surface area contributed by atoms with Crippen LogP contribution in [0.5, 0.6) is 0 Å². The smallest absolute Gasteiger partial charge is 0.227 e. The zero-order valence-corrected chi connectivity index (χ0v) is 10.5. The third-order valence-electron chi connectivity index (χ3n) is 3.79. The molecule has 0 aromatic heterocycles. The first kappa shape index (κ1) is 13.5. The van der Waals surface area contributed by atoms with Crippen molar-refractivity contribution in [3.8, 4) is 0 Å². The summed E-state index contributed by atoms with van der Waals surface area (Å²) in [7, 11) is 0. The highest BCUT2D eigenvalue weighted by Crippen LogP contribution is 2.36. The van der Waals surface area contributed by atoms with Crippen LogP contribution in [0, 0.1) is 11.3 Å². The van der Waals surface area contributed by atoms with E-state index in [4.69, 9.17) is 5.73 Å². The Kier molecular flexibility index (Phi) is 4.33. The Morgan fingerprint density at radius 1 is 1.62 bits per heavy atom. The van der Waals surface area contributed by atoms with Crippen LogP contribution in [0.25, 0.3) is 0 Å². The van der Waals surface area contributed by atoms with Gasteiger partial charge in [0, 0.05) is 12.6 Å². The zero-order valence-electron chi connectivity index (χ0n) is 10.5. The van der Waals surface area contributed by atoms with Crippen LogP contribution in [0.4, 0.5) is 0 Å². The Hall–Kier alpha value is -0.610. The standard InChI is InChI=1S/C12H24N2O2/c1-8(2)9(15)7-14-11(16)12(3)6-4-5-10(12)13/h8-10,15H,4-7,13H2,1-3H3,(H,14,16). The molecule has 1 saturated carbocycles. The molecule has 1 fully saturated rings. The lowest BCUT2D eigenvalue weighted by Crippen LogP contribution is -2.49. The fourth-order valence-corrected chi connectivity index (χ4v) is 2.11. The van der Waals surface area contributed by atoms with Crippen molar-refractivity contribution in [1.29, 1.82) is 0 Å². The van der Waals surface area contributed by atoms with Crippen LogP contribution in [0.15, 0.2) is 0 Å². The Morgan fingerprint density at radius 2 is 2.25 bits per heavy atom. The minimum atomic E-state index is -0.481. The van der Waals surface area contributed by atoms with Crippen LogP contribution in [0.3, 0.4) is 0 Å².